The van der Waals surface area contributed by atoms with E-state index in [1.165, 1.54) is 0 Å². The highest BCUT2D eigenvalue weighted by Crippen LogP contribution is 2.62. The molecule has 0 amide bonds. The van der Waals surface area contributed by atoms with Crippen molar-refractivity contribution in [3.05, 3.63) is 11.6 Å². The predicted molar refractivity (Wildman–Crippen MR) is 85.9 cm³/mol. The highest BCUT2D eigenvalue weighted by molar-refractivity contribution is 6.01. The van der Waals surface area contributed by atoms with Crippen LogP contribution < -0.4 is 0 Å². The molecule has 2 aliphatic rings. The highest BCUT2D eigenvalue weighted by Gasteiger charge is 2.62. The van der Waals surface area contributed by atoms with Gasteiger partial charge in [-0.2, -0.15) is 0 Å². The zero-order chi connectivity index (χ0) is 18.0. The van der Waals surface area contributed by atoms with E-state index >= 15 is 0 Å². The van der Waals surface area contributed by atoms with Gasteiger partial charge in [0, 0.05) is 5.41 Å². The minimum Gasteiger partial charge on any atom is -0.466 e. The lowest BCUT2D eigenvalue weighted by Crippen LogP contribution is -2.40. The molecule has 0 aromatic heterocycles. The Labute approximate surface area is 142 Å². The molecular weight excluding hydrogens is 312 g/mol. The topological polar surface area (TPSA) is 78.9 Å². The molecule has 2 rings (SSSR count). The van der Waals surface area contributed by atoms with Gasteiger partial charge in [0.05, 0.1) is 25.7 Å². The first-order valence-electron chi connectivity index (χ1n) is 8.56. The lowest BCUT2D eigenvalue weighted by molar-refractivity contribution is -0.171. The van der Waals surface area contributed by atoms with Crippen LogP contribution >= 0.6 is 0 Å². The molecule has 2 atom stereocenters. The van der Waals surface area contributed by atoms with E-state index in [0.717, 1.165) is 5.57 Å². The van der Waals surface area contributed by atoms with Crippen molar-refractivity contribution in [2.45, 2.75) is 47.0 Å². The zero-order valence-electron chi connectivity index (χ0n) is 14.8. The summed E-state index contributed by atoms with van der Waals surface area (Å²) in [7, 11) is 0. The monoisotopic (exact) mass is 338 g/mol. The van der Waals surface area contributed by atoms with Crippen molar-refractivity contribution in [2.75, 3.05) is 19.8 Å². The summed E-state index contributed by atoms with van der Waals surface area (Å²) >= 11 is 0. The van der Waals surface area contributed by atoms with Crippen molar-refractivity contribution in [1.29, 1.82) is 0 Å². The fourth-order valence-corrected chi connectivity index (χ4v) is 3.44. The minimum absolute atomic E-state index is 0.205. The fourth-order valence-electron chi connectivity index (χ4n) is 3.44. The van der Waals surface area contributed by atoms with Gasteiger partial charge in [0.2, 0.25) is 0 Å². The molecule has 0 heterocycles. The summed E-state index contributed by atoms with van der Waals surface area (Å²) in [6.45, 7) is 7.93. The molecule has 0 bridgehead atoms. The quantitative estimate of drug-likeness (QED) is 0.307. The summed E-state index contributed by atoms with van der Waals surface area (Å²) in [6, 6.07) is 0. The molecule has 0 unspecified atom stereocenters. The third kappa shape index (κ3) is 3.06. The fraction of sp³-hybridized carbons (Fsp3) is 0.722. The largest absolute Gasteiger partial charge is 0.466 e. The van der Waals surface area contributed by atoms with Crippen LogP contribution in [-0.2, 0) is 28.6 Å². The molecule has 0 aromatic rings. The third-order valence-electron chi connectivity index (χ3n) is 5.06. The lowest BCUT2D eigenvalue weighted by atomic mass is 9.81. The molecule has 0 N–H and O–H groups in total. The number of carbonyl (C=O) groups excluding carboxylic acids is 3. The highest BCUT2D eigenvalue weighted by atomic mass is 16.6. The molecule has 1 fully saturated rings. The summed E-state index contributed by atoms with van der Waals surface area (Å²) in [6.07, 6.45) is 3.08. The Morgan fingerprint density at radius 2 is 1.58 bits per heavy atom. The van der Waals surface area contributed by atoms with E-state index in [4.69, 9.17) is 14.2 Å². The standard InChI is InChI=1S/C18H26O6/c1-5-22-14(19)13-11-17(13,4)12-8-9-18(10-12,15(20)23-6-2)16(21)24-7-3/h8,13H,5-7,9-11H2,1-4H3/t13-,17-/m0/s1. The van der Waals surface area contributed by atoms with Crippen LogP contribution in [0.2, 0.25) is 0 Å². The van der Waals surface area contributed by atoms with Gasteiger partial charge in [-0.3, -0.25) is 14.4 Å². The molecule has 6 heteroatoms. The average molecular weight is 338 g/mol. The van der Waals surface area contributed by atoms with Crippen molar-refractivity contribution in [3.63, 3.8) is 0 Å². The Morgan fingerprint density at radius 1 is 1.04 bits per heavy atom. The van der Waals surface area contributed by atoms with E-state index in [-0.39, 0.29) is 43.4 Å². The van der Waals surface area contributed by atoms with Gasteiger partial charge in [-0.05, 0) is 40.0 Å². The first-order chi connectivity index (χ1) is 11.4. The number of hydrogen-bond acceptors (Lipinski definition) is 6. The molecule has 0 spiro atoms. The molecule has 1 saturated carbocycles. The normalized spacial score (nSPS) is 27.2. The molecule has 24 heavy (non-hydrogen) atoms. The third-order valence-corrected chi connectivity index (χ3v) is 5.06. The average Bonchev–Trinajstić information content (AvgIpc) is 3.04. The van der Waals surface area contributed by atoms with E-state index in [1.54, 1.807) is 20.8 Å². The number of esters is 3. The van der Waals surface area contributed by atoms with Crippen molar-refractivity contribution >= 4 is 17.9 Å². The lowest BCUT2D eigenvalue weighted by Gasteiger charge is -2.25. The van der Waals surface area contributed by atoms with Gasteiger partial charge in [-0.25, -0.2) is 0 Å². The Kier molecular flexibility index (Phi) is 5.35. The van der Waals surface area contributed by atoms with Crippen LogP contribution in [0, 0.1) is 16.7 Å². The van der Waals surface area contributed by atoms with Gasteiger partial charge in [-0.15, -0.1) is 0 Å². The Bertz CT molecular complexity index is 546. The minimum atomic E-state index is -1.31. The zero-order valence-corrected chi connectivity index (χ0v) is 14.8. The first-order valence-corrected chi connectivity index (χ1v) is 8.56. The van der Waals surface area contributed by atoms with Crippen LogP contribution in [0.15, 0.2) is 11.6 Å². The van der Waals surface area contributed by atoms with Crippen LogP contribution in [0.5, 0.6) is 0 Å². The molecule has 0 aliphatic heterocycles. The van der Waals surface area contributed by atoms with Crippen molar-refractivity contribution < 1.29 is 28.6 Å². The van der Waals surface area contributed by atoms with Gasteiger partial charge < -0.3 is 14.2 Å². The Hall–Kier alpha value is -1.85. The van der Waals surface area contributed by atoms with Gasteiger partial charge >= 0.3 is 17.9 Å². The van der Waals surface area contributed by atoms with E-state index in [0.29, 0.717) is 13.0 Å². The van der Waals surface area contributed by atoms with Gasteiger partial charge in [0.15, 0.2) is 5.41 Å². The van der Waals surface area contributed by atoms with Crippen molar-refractivity contribution in [3.8, 4) is 0 Å². The maximum Gasteiger partial charge on any atom is 0.324 e. The van der Waals surface area contributed by atoms with Crippen LogP contribution in [0.1, 0.15) is 47.0 Å². The second-order valence-corrected chi connectivity index (χ2v) is 6.56. The predicted octanol–water partition coefficient (Wildman–Crippen LogP) is 2.41. The molecule has 2 aliphatic carbocycles. The molecule has 134 valence electrons. The number of carbonyl (C=O) groups is 3. The Balaban J connectivity index is 2.16. The van der Waals surface area contributed by atoms with Crippen LogP contribution in [0.25, 0.3) is 0 Å². The summed E-state index contributed by atoms with van der Waals surface area (Å²) in [5.41, 5.74) is -0.708. The molecule has 0 saturated heterocycles. The van der Waals surface area contributed by atoms with Gasteiger partial charge in [0.1, 0.15) is 0 Å². The van der Waals surface area contributed by atoms with Crippen LogP contribution in [-0.4, -0.2) is 37.7 Å². The van der Waals surface area contributed by atoms with E-state index in [9.17, 15) is 14.4 Å². The van der Waals surface area contributed by atoms with E-state index in [1.807, 2.05) is 13.0 Å². The van der Waals surface area contributed by atoms with Crippen molar-refractivity contribution in [1.82, 2.24) is 0 Å². The maximum atomic E-state index is 12.4. The number of hydrogen-bond donors (Lipinski definition) is 0. The van der Waals surface area contributed by atoms with Crippen LogP contribution in [0.4, 0.5) is 0 Å². The molecule has 6 nitrogen and oxygen atoms in total. The summed E-state index contributed by atoms with van der Waals surface area (Å²) in [4.78, 5) is 36.9. The maximum absolute atomic E-state index is 12.4. The van der Waals surface area contributed by atoms with E-state index in [2.05, 4.69) is 0 Å². The first kappa shape index (κ1) is 18.5. The van der Waals surface area contributed by atoms with Gasteiger partial charge in [-0.1, -0.05) is 18.6 Å². The molecule has 0 aromatic carbocycles. The molecular formula is C18H26O6. The number of ether oxygens (including phenoxy) is 3. The second kappa shape index (κ2) is 6.95. The van der Waals surface area contributed by atoms with Crippen LogP contribution in [0.3, 0.4) is 0 Å². The van der Waals surface area contributed by atoms with Gasteiger partial charge in [0.25, 0.3) is 0 Å². The smallest absolute Gasteiger partial charge is 0.324 e. The second-order valence-electron chi connectivity index (χ2n) is 6.56. The summed E-state index contributed by atoms with van der Waals surface area (Å²) in [5, 5.41) is 0. The van der Waals surface area contributed by atoms with E-state index < -0.39 is 17.4 Å². The Morgan fingerprint density at radius 3 is 2.08 bits per heavy atom. The summed E-state index contributed by atoms with van der Waals surface area (Å²) < 4.78 is 15.3. The number of rotatable bonds is 7. The van der Waals surface area contributed by atoms with Crippen molar-refractivity contribution in [2.24, 2.45) is 16.7 Å². The molecule has 0 radical (unpaired) electrons. The SMILES string of the molecule is CCOC(=O)[C@@H]1C[C@@]1(C)C1=CCC(C(=O)OCC)(C(=O)OCC)C1. The number of allylic oxidation sites excluding steroid dienone is 2. The summed E-state index contributed by atoms with van der Waals surface area (Å²) in [5.74, 6) is -1.52.